The van der Waals surface area contributed by atoms with Crippen LogP contribution in [0, 0.1) is 31.6 Å². The Balaban J connectivity index is 1.85. The lowest BCUT2D eigenvalue weighted by Gasteiger charge is -2.40. The quantitative estimate of drug-likeness (QED) is 0.565. The lowest BCUT2D eigenvalue weighted by atomic mass is 9.66. The molecule has 0 radical (unpaired) electrons. The predicted octanol–water partition coefficient (Wildman–Crippen LogP) is 2.63. The van der Waals surface area contributed by atoms with Gasteiger partial charge >= 0.3 is 5.97 Å². The Morgan fingerprint density at radius 2 is 2.00 bits per heavy atom. The Morgan fingerprint density at radius 1 is 1.33 bits per heavy atom. The highest BCUT2D eigenvalue weighted by atomic mass is 32.2. The number of hydrogen-bond donors (Lipinski definition) is 2. The molecule has 2 amide bonds. The van der Waals surface area contributed by atoms with Crippen molar-refractivity contribution >= 4 is 35.2 Å². The molecule has 1 spiro atoms. The molecule has 33 heavy (non-hydrogen) atoms. The van der Waals surface area contributed by atoms with Gasteiger partial charge in [-0.25, -0.2) is 0 Å². The van der Waals surface area contributed by atoms with E-state index in [4.69, 9.17) is 0 Å². The summed E-state index contributed by atoms with van der Waals surface area (Å²) in [5.74, 6) is -2.93. The summed E-state index contributed by atoms with van der Waals surface area (Å²) in [5, 5.41) is 19.3. The number of benzene rings is 1. The molecule has 6 atom stereocenters. The topological polar surface area (TPSA) is 98.2 Å². The third kappa shape index (κ3) is 3.41. The summed E-state index contributed by atoms with van der Waals surface area (Å²) in [6.45, 7) is 10.2. The molecule has 178 valence electrons. The number of carbonyl (C=O) groups is 3. The first-order valence-electron chi connectivity index (χ1n) is 11.5. The Hall–Kier alpha value is -2.32. The van der Waals surface area contributed by atoms with Crippen LogP contribution in [0.2, 0.25) is 0 Å². The third-order valence-corrected chi connectivity index (χ3v) is 9.69. The summed E-state index contributed by atoms with van der Waals surface area (Å²) in [7, 11) is 0. The molecule has 0 aromatic heterocycles. The lowest BCUT2D eigenvalue weighted by Crippen LogP contribution is -2.57. The molecule has 3 heterocycles. The summed E-state index contributed by atoms with van der Waals surface area (Å²) >= 11 is 1.53. The molecular weight excluding hydrogens is 440 g/mol. The first-order valence-corrected chi connectivity index (χ1v) is 12.4. The van der Waals surface area contributed by atoms with Crippen molar-refractivity contribution in [2.75, 3.05) is 24.6 Å². The Morgan fingerprint density at radius 3 is 2.58 bits per heavy atom. The number of hydrogen-bond acceptors (Lipinski definition) is 5. The number of aliphatic hydroxyl groups is 1. The predicted molar refractivity (Wildman–Crippen MR) is 128 cm³/mol. The van der Waals surface area contributed by atoms with E-state index in [9.17, 15) is 24.6 Å². The van der Waals surface area contributed by atoms with Crippen molar-refractivity contribution in [1.82, 2.24) is 4.90 Å². The van der Waals surface area contributed by atoms with Gasteiger partial charge in [-0.1, -0.05) is 31.2 Å². The van der Waals surface area contributed by atoms with Crippen molar-refractivity contribution in [2.45, 2.75) is 49.7 Å². The van der Waals surface area contributed by atoms with Gasteiger partial charge in [0.25, 0.3) is 5.91 Å². The Kier molecular flexibility index (Phi) is 6.35. The number of likely N-dealkylation sites (tertiary alicyclic amines) is 1. The zero-order chi connectivity index (χ0) is 24.1. The number of amides is 2. The third-order valence-electron chi connectivity index (χ3n) is 7.61. The van der Waals surface area contributed by atoms with Crippen LogP contribution in [0.1, 0.15) is 30.9 Å². The van der Waals surface area contributed by atoms with Crippen LogP contribution in [0.3, 0.4) is 0 Å². The van der Waals surface area contributed by atoms with Crippen molar-refractivity contribution in [2.24, 2.45) is 17.8 Å². The smallest absolute Gasteiger partial charge is 0.308 e. The standard InChI is InChI=1S/C25H32N2O5S/c1-5-10-26(20-14(2)8-6-9-15(20)3)23(30)21-25-16(4)13-17(33-25)18(24(31)32)19(25)22(29)27(21)11-7-12-28/h5-6,8-9,16-19,21,28H,1,7,10-13H2,2-4H3,(H,31,32)/t16?,17-,18+,19+,21?,25?/m1/s1. The number of thioether (sulfide) groups is 1. The van der Waals surface area contributed by atoms with Crippen molar-refractivity contribution in [3.8, 4) is 0 Å². The average Bonchev–Trinajstić information content (AvgIpc) is 3.34. The number of carboxylic acids is 1. The molecule has 0 aliphatic carbocycles. The molecule has 7 nitrogen and oxygen atoms in total. The van der Waals surface area contributed by atoms with Crippen LogP contribution in [-0.2, 0) is 14.4 Å². The molecular formula is C25H32N2O5S. The van der Waals surface area contributed by atoms with E-state index in [2.05, 4.69) is 6.58 Å². The molecule has 3 saturated heterocycles. The molecule has 1 aromatic rings. The minimum absolute atomic E-state index is 0.0219. The molecule has 2 N–H and O–H groups in total. The largest absolute Gasteiger partial charge is 0.481 e. The van der Waals surface area contributed by atoms with Crippen LogP contribution in [-0.4, -0.2) is 68.6 Å². The highest BCUT2D eigenvalue weighted by Gasteiger charge is 2.76. The minimum Gasteiger partial charge on any atom is -0.481 e. The number of anilines is 1. The summed E-state index contributed by atoms with van der Waals surface area (Å²) in [5.41, 5.74) is 2.70. The van der Waals surface area contributed by atoms with E-state index in [1.54, 1.807) is 15.9 Å². The Bertz CT molecular complexity index is 977. The molecule has 3 aliphatic heterocycles. The van der Waals surface area contributed by atoms with Crippen molar-refractivity contribution in [3.05, 3.63) is 42.0 Å². The number of fused-ring (bicyclic) bond motifs is 1. The van der Waals surface area contributed by atoms with Gasteiger partial charge in [0.1, 0.15) is 6.04 Å². The highest BCUT2D eigenvalue weighted by molar-refractivity contribution is 8.02. The second kappa shape index (κ2) is 8.80. The van der Waals surface area contributed by atoms with Gasteiger partial charge in [-0.05, 0) is 43.7 Å². The maximum atomic E-state index is 14.4. The first kappa shape index (κ1) is 23.8. The second-order valence-electron chi connectivity index (χ2n) is 9.48. The molecule has 1 aromatic carbocycles. The van der Waals surface area contributed by atoms with Crippen molar-refractivity contribution in [1.29, 1.82) is 0 Å². The molecule has 0 saturated carbocycles. The number of carbonyl (C=O) groups excluding carboxylic acids is 2. The fraction of sp³-hybridized carbons (Fsp3) is 0.560. The Labute approximate surface area is 198 Å². The monoisotopic (exact) mass is 472 g/mol. The van der Waals surface area contributed by atoms with Gasteiger partial charge in [0.15, 0.2) is 0 Å². The number of aliphatic carboxylic acids is 1. The van der Waals surface area contributed by atoms with E-state index >= 15 is 0 Å². The van der Waals surface area contributed by atoms with Crippen molar-refractivity contribution < 1.29 is 24.6 Å². The highest BCUT2D eigenvalue weighted by Crippen LogP contribution is 2.68. The SMILES string of the molecule is C=CCN(C(=O)C1N(CCCO)C(=O)[C@@H]2[C@@H](C(=O)O)[C@H]3CC(C)C12S3)c1c(C)cccc1C. The molecule has 3 aliphatic rings. The van der Waals surface area contributed by atoms with Gasteiger partial charge in [-0.15, -0.1) is 18.3 Å². The molecule has 3 fully saturated rings. The number of carboxylic acid groups (broad SMARTS) is 1. The van der Waals surface area contributed by atoms with Crippen LogP contribution in [0.5, 0.6) is 0 Å². The fourth-order valence-electron chi connectivity index (χ4n) is 6.36. The molecule has 2 bridgehead atoms. The van der Waals surface area contributed by atoms with Crippen LogP contribution in [0.4, 0.5) is 5.69 Å². The summed E-state index contributed by atoms with van der Waals surface area (Å²) in [6, 6.07) is 5.07. The van der Waals surface area contributed by atoms with Gasteiger partial charge in [-0.3, -0.25) is 14.4 Å². The van der Waals surface area contributed by atoms with Gasteiger partial charge in [-0.2, -0.15) is 0 Å². The summed E-state index contributed by atoms with van der Waals surface area (Å²) in [4.78, 5) is 43.5. The van der Waals surface area contributed by atoms with Gasteiger partial charge in [0.2, 0.25) is 5.91 Å². The zero-order valence-corrected chi connectivity index (χ0v) is 20.2. The van der Waals surface area contributed by atoms with E-state index in [-0.39, 0.29) is 42.7 Å². The average molecular weight is 473 g/mol. The fourth-order valence-corrected chi connectivity index (χ4v) is 8.77. The van der Waals surface area contributed by atoms with E-state index in [1.165, 1.54) is 11.8 Å². The van der Waals surface area contributed by atoms with E-state index < -0.39 is 28.6 Å². The van der Waals surface area contributed by atoms with E-state index in [0.29, 0.717) is 12.8 Å². The number of rotatable bonds is 8. The first-order chi connectivity index (χ1) is 15.7. The van der Waals surface area contributed by atoms with Gasteiger partial charge < -0.3 is 20.0 Å². The molecule has 8 heteroatoms. The summed E-state index contributed by atoms with van der Waals surface area (Å²) in [6.07, 6.45) is 2.69. The second-order valence-corrected chi connectivity index (χ2v) is 11.0. The van der Waals surface area contributed by atoms with Crippen LogP contribution < -0.4 is 4.90 Å². The zero-order valence-electron chi connectivity index (χ0n) is 19.4. The van der Waals surface area contributed by atoms with Crippen molar-refractivity contribution in [3.63, 3.8) is 0 Å². The minimum atomic E-state index is -0.965. The maximum Gasteiger partial charge on any atom is 0.308 e. The van der Waals surface area contributed by atoms with Gasteiger partial charge in [0, 0.05) is 30.6 Å². The molecule has 4 rings (SSSR count). The van der Waals surface area contributed by atoms with Gasteiger partial charge in [0.05, 0.1) is 16.6 Å². The normalized spacial score (nSPS) is 32.2. The maximum absolute atomic E-state index is 14.4. The molecule has 3 unspecified atom stereocenters. The van der Waals surface area contributed by atoms with Crippen LogP contribution in [0.25, 0.3) is 0 Å². The lowest BCUT2D eigenvalue weighted by molar-refractivity contribution is -0.149. The summed E-state index contributed by atoms with van der Waals surface area (Å²) < 4.78 is -0.784. The van der Waals surface area contributed by atoms with Crippen LogP contribution >= 0.6 is 11.8 Å². The number of nitrogens with zero attached hydrogens (tertiary/aromatic N) is 2. The van der Waals surface area contributed by atoms with E-state index in [1.807, 2.05) is 39.0 Å². The number of aryl methyl sites for hydroxylation is 2. The van der Waals surface area contributed by atoms with E-state index in [0.717, 1.165) is 16.8 Å². The van der Waals surface area contributed by atoms with Crippen LogP contribution in [0.15, 0.2) is 30.9 Å². The number of aliphatic hydroxyl groups excluding tert-OH is 1. The number of para-hydroxylation sites is 1.